The van der Waals surface area contributed by atoms with Crippen LogP contribution in [0.4, 0.5) is 10.5 Å². The van der Waals surface area contributed by atoms with Crippen LogP contribution in [0.2, 0.25) is 0 Å². The molecule has 1 aromatic carbocycles. The topological polar surface area (TPSA) is 90.5 Å². The number of carbonyl (C=O) groups excluding carboxylic acids is 3. The second-order valence-corrected chi connectivity index (χ2v) is 4.98. The van der Waals surface area contributed by atoms with Crippen molar-refractivity contribution in [3.8, 4) is 0 Å². The van der Waals surface area contributed by atoms with Crippen molar-refractivity contribution in [2.75, 3.05) is 32.5 Å². The average Bonchev–Trinajstić information content (AvgIpc) is 2.81. The normalized spacial score (nSPS) is 12.4. The first-order valence-corrected chi connectivity index (χ1v) is 6.63. The quantitative estimate of drug-likeness (QED) is 0.691. The van der Waals surface area contributed by atoms with E-state index < -0.39 is 0 Å². The molecule has 0 radical (unpaired) electrons. The van der Waals surface area contributed by atoms with Crippen molar-refractivity contribution in [3.05, 3.63) is 29.3 Å². The van der Waals surface area contributed by atoms with E-state index in [1.165, 1.54) is 4.90 Å². The summed E-state index contributed by atoms with van der Waals surface area (Å²) in [4.78, 5) is 35.9. The number of carbonyl (C=O) groups is 3. The summed E-state index contributed by atoms with van der Waals surface area (Å²) in [6.45, 7) is 0.695. The van der Waals surface area contributed by atoms with Crippen molar-refractivity contribution in [1.82, 2.24) is 15.5 Å². The lowest BCUT2D eigenvalue weighted by Gasteiger charge is -2.12. The van der Waals surface area contributed by atoms with E-state index in [0.717, 1.165) is 11.3 Å². The number of hydrogen-bond acceptors (Lipinski definition) is 3. The molecule has 7 heteroatoms. The molecule has 1 aliphatic rings. The van der Waals surface area contributed by atoms with Gasteiger partial charge in [0.1, 0.15) is 0 Å². The molecule has 0 saturated carbocycles. The number of benzene rings is 1. The van der Waals surface area contributed by atoms with Gasteiger partial charge in [0.15, 0.2) is 0 Å². The van der Waals surface area contributed by atoms with Crippen LogP contribution in [0.1, 0.15) is 15.9 Å². The second-order valence-electron chi connectivity index (χ2n) is 4.98. The predicted octanol–water partition coefficient (Wildman–Crippen LogP) is 0.182. The van der Waals surface area contributed by atoms with Crippen LogP contribution in [0.25, 0.3) is 0 Å². The zero-order valence-electron chi connectivity index (χ0n) is 12.0. The number of nitrogens with one attached hydrogen (secondary N) is 3. The Balaban J connectivity index is 1.83. The summed E-state index contributed by atoms with van der Waals surface area (Å²) in [6.07, 6.45) is 0.301. The van der Waals surface area contributed by atoms with Gasteiger partial charge < -0.3 is 20.9 Å². The lowest BCUT2D eigenvalue weighted by atomic mass is 10.1. The number of nitrogens with zero attached hydrogens (tertiary/aromatic N) is 1. The molecule has 112 valence electrons. The van der Waals surface area contributed by atoms with Gasteiger partial charge in [-0.2, -0.15) is 0 Å². The standard InChI is InChI=1S/C14H18N4O3/c1-18(2)14(21)16-6-5-15-13(20)9-3-4-11-10(7-9)8-12(19)17-11/h3-4,7H,5-6,8H2,1-2H3,(H,15,20)(H,16,21)(H,17,19). The highest BCUT2D eigenvalue weighted by atomic mass is 16.2. The summed E-state index contributed by atoms with van der Waals surface area (Å²) >= 11 is 0. The van der Waals surface area contributed by atoms with Gasteiger partial charge in [0.2, 0.25) is 5.91 Å². The third-order valence-corrected chi connectivity index (χ3v) is 3.09. The van der Waals surface area contributed by atoms with Crippen LogP contribution in [0.5, 0.6) is 0 Å². The Kier molecular flexibility index (Phi) is 4.42. The SMILES string of the molecule is CN(C)C(=O)NCCNC(=O)c1ccc2c(c1)CC(=O)N2. The van der Waals surface area contributed by atoms with Gasteiger partial charge in [0.05, 0.1) is 6.42 Å². The highest BCUT2D eigenvalue weighted by Crippen LogP contribution is 2.23. The number of anilines is 1. The maximum Gasteiger partial charge on any atom is 0.316 e. The molecule has 0 aromatic heterocycles. The van der Waals surface area contributed by atoms with Crippen LogP contribution in [-0.2, 0) is 11.2 Å². The Bertz CT molecular complexity index is 584. The molecule has 0 spiro atoms. The van der Waals surface area contributed by atoms with Gasteiger partial charge in [0, 0.05) is 38.4 Å². The molecule has 0 bridgehead atoms. The molecule has 4 amide bonds. The van der Waals surface area contributed by atoms with E-state index >= 15 is 0 Å². The van der Waals surface area contributed by atoms with Crippen molar-refractivity contribution in [1.29, 1.82) is 0 Å². The number of fused-ring (bicyclic) bond motifs is 1. The van der Waals surface area contributed by atoms with E-state index in [9.17, 15) is 14.4 Å². The summed E-state index contributed by atoms with van der Waals surface area (Å²) in [6, 6.07) is 4.90. The van der Waals surface area contributed by atoms with Crippen LogP contribution in [0.15, 0.2) is 18.2 Å². The van der Waals surface area contributed by atoms with Crippen molar-refractivity contribution in [2.45, 2.75) is 6.42 Å². The molecular weight excluding hydrogens is 272 g/mol. The van der Waals surface area contributed by atoms with Gasteiger partial charge in [0.25, 0.3) is 5.91 Å². The molecule has 0 fully saturated rings. The highest BCUT2D eigenvalue weighted by Gasteiger charge is 2.18. The van der Waals surface area contributed by atoms with Crippen molar-refractivity contribution in [2.24, 2.45) is 0 Å². The summed E-state index contributed by atoms with van der Waals surface area (Å²) in [7, 11) is 3.29. The Morgan fingerprint density at radius 1 is 1.24 bits per heavy atom. The molecule has 0 unspecified atom stereocenters. The first-order valence-electron chi connectivity index (χ1n) is 6.63. The third kappa shape index (κ3) is 3.71. The summed E-state index contributed by atoms with van der Waals surface area (Å²) in [5.74, 6) is -0.287. The Hall–Kier alpha value is -2.57. The maximum atomic E-state index is 12.0. The molecule has 1 aromatic rings. The molecule has 2 rings (SSSR count). The summed E-state index contributed by atoms with van der Waals surface area (Å²) < 4.78 is 0. The van der Waals surface area contributed by atoms with E-state index in [1.807, 2.05) is 0 Å². The third-order valence-electron chi connectivity index (χ3n) is 3.09. The average molecular weight is 290 g/mol. The lowest BCUT2D eigenvalue weighted by molar-refractivity contribution is -0.115. The van der Waals surface area contributed by atoms with Crippen LogP contribution < -0.4 is 16.0 Å². The minimum Gasteiger partial charge on any atom is -0.350 e. The number of rotatable bonds is 4. The van der Waals surface area contributed by atoms with E-state index in [4.69, 9.17) is 0 Å². The zero-order valence-corrected chi connectivity index (χ0v) is 12.0. The number of urea groups is 1. The molecule has 1 heterocycles. The molecule has 1 aliphatic heterocycles. The zero-order chi connectivity index (χ0) is 15.4. The van der Waals surface area contributed by atoms with Crippen molar-refractivity contribution < 1.29 is 14.4 Å². The largest absolute Gasteiger partial charge is 0.350 e. The van der Waals surface area contributed by atoms with E-state index in [1.54, 1.807) is 32.3 Å². The Morgan fingerprint density at radius 3 is 2.67 bits per heavy atom. The number of hydrogen-bond donors (Lipinski definition) is 3. The second kappa shape index (κ2) is 6.25. The fraction of sp³-hybridized carbons (Fsp3) is 0.357. The monoisotopic (exact) mass is 290 g/mol. The summed E-state index contributed by atoms with van der Waals surface area (Å²) in [5, 5.41) is 8.09. The van der Waals surface area contributed by atoms with E-state index in [2.05, 4.69) is 16.0 Å². The smallest absolute Gasteiger partial charge is 0.316 e. The van der Waals surface area contributed by atoms with E-state index in [-0.39, 0.29) is 17.8 Å². The first kappa shape index (κ1) is 14.8. The molecule has 0 atom stereocenters. The lowest BCUT2D eigenvalue weighted by Crippen LogP contribution is -2.39. The van der Waals surface area contributed by atoms with Gasteiger partial charge in [-0.3, -0.25) is 9.59 Å². The molecule has 21 heavy (non-hydrogen) atoms. The fourth-order valence-electron chi connectivity index (χ4n) is 1.98. The van der Waals surface area contributed by atoms with Gasteiger partial charge in [-0.25, -0.2) is 4.79 Å². The minimum atomic E-state index is -0.226. The van der Waals surface area contributed by atoms with Crippen LogP contribution >= 0.6 is 0 Å². The minimum absolute atomic E-state index is 0.0612. The van der Waals surface area contributed by atoms with Crippen molar-refractivity contribution >= 4 is 23.5 Å². The molecule has 7 nitrogen and oxygen atoms in total. The fourth-order valence-corrected chi connectivity index (χ4v) is 1.98. The van der Waals surface area contributed by atoms with Gasteiger partial charge >= 0.3 is 6.03 Å². The maximum absolute atomic E-state index is 12.0. The van der Waals surface area contributed by atoms with Crippen molar-refractivity contribution in [3.63, 3.8) is 0 Å². The Labute approximate surface area is 122 Å². The van der Waals surface area contributed by atoms with Gasteiger partial charge in [-0.15, -0.1) is 0 Å². The Morgan fingerprint density at radius 2 is 1.95 bits per heavy atom. The summed E-state index contributed by atoms with van der Waals surface area (Å²) in [5.41, 5.74) is 2.09. The predicted molar refractivity (Wildman–Crippen MR) is 78.2 cm³/mol. The highest BCUT2D eigenvalue weighted by molar-refractivity contribution is 6.01. The number of amides is 4. The van der Waals surface area contributed by atoms with E-state index in [0.29, 0.717) is 25.1 Å². The molecule has 0 aliphatic carbocycles. The molecule has 3 N–H and O–H groups in total. The van der Waals surface area contributed by atoms with Gasteiger partial charge in [-0.1, -0.05) is 0 Å². The van der Waals surface area contributed by atoms with Gasteiger partial charge in [-0.05, 0) is 23.8 Å². The van der Waals surface area contributed by atoms with Crippen LogP contribution in [0.3, 0.4) is 0 Å². The first-order chi connectivity index (χ1) is 9.97. The van der Waals surface area contributed by atoms with Crippen LogP contribution in [0, 0.1) is 0 Å². The molecule has 0 saturated heterocycles. The van der Waals surface area contributed by atoms with Crippen LogP contribution in [-0.4, -0.2) is 49.9 Å². The molecular formula is C14H18N4O3.